The van der Waals surface area contributed by atoms with Crippen LogP contribution in [-0.2, 0) is 13.0 Å². The van der Waals surface area contributed by atoms with Crippen LogP contribution in [0.25, 0.3) is 0 Å². The summed E-state index contributed by atoms with van der Waals surface area (Å²) in [5, 5.41) is 1.89. The summed E-state index contributed by atoms with van der Waals surface area (Å²) in [6, 6.07) is 1.94. The van der Waals surface area contributed by atoms with Crippen molar-refractivity contribution in [3.63, 3.8) is 0 Å². The van der Waals surface area contributed by atoms with E-state index in [4.69, 9.17) is 5.84 Å². The molecule has 0 bridgehead atoms. The first-order valence-corrected chi connectivity index (χ1v) is 6.21. The average Bonchev–Trinajstić information content (AvgIpc) is 2.97. The van der Waals surface area contributed by atoms with Crippen molar-refractivity contribution in [3.05, 3.63) is 40.1 Å². The van der Waals surface area contributed by atoms with Gasteiger partial charge >= 0.3 is 0 Å². The van der Waals surface area contributed by atoms with Gasteiger partial charge in [0.15, 0.2) is 0 Å². The molecular formula is C11H14N4OS. The number of hydrogen-bond donors (Lipinski definition) is 2. The van der Waals surface area contributed by atoms with Crippen molar-refractivity contribution in [2.75, 3.05) is 0 Å². The number of aryl methyl sites for hydroxylation is 1. The van der Waals surface area contributed by atoms with E-state index in [0.717, 1.165) is 17.8 Å². The SMILES string of the molecule is CCc1nccn1Cc1ccsc1C(=O)NN. The lowest BCUT2D eigenvalue weighted by molar-refractivity contribution is 0.0957. The number of nitrogens with zero attached hydrogens (tertiary/aromatic N) is 2. The van der Waals surface area contributed by atoms with E-state index in [0.29, 0.717) is 11.4 Å². The predicted octanol–water partition coefficient (Wildman–Crippen LogP) is 1.16. The molecule has 2 aromatic heterocycles. The fourth-order valence-corrected chi connectivity index (χ4v) is 2.53. The van der Waals surface area contributed by atoms with Gasteiger partial charge in [0.05, 0.1) is 11.4 Å². The van der Waals surface area contributed by atoms with Crippen molar-refractivity contribution in [1.82, 2.24) is 15.0 Å². The first-order valence-electron chi connectivity index (χ1n) is 5.33. The Kier molecular flexibility index (Phi) is 3.55. The number of imidazole rings is 1. The largest absolute Gasteiger partial charge is 0.330 e. The van der Waals surface area contributed by atoms with Gasteiger partial charge in [0.25, 0.3) is 5.91 Å². The molecule has 1 amide bonds. The highest BCUT2D eigenvalue weighted by Gasteiger charge is 2.13. The van der Waals surface area contributed by atoms with E-state index in [2.05, 4.69) is 17.3 Å². The van der Waals surface area contributed by atoms with Crippen LogP contribution in [-0.4, -0.2) is 15.5 Å². The molecule has 2 rings (SSSR count). The summed E-state index contributed by atoms with van der Waals surface area (Å²) in [7, 11) is 0. The van der Waals surface area contributed by atoms with Crippen LogP contribution in [0.2, 0.25) is 0 Å². The number of nitrogens with two attached hydrogens (primary N) is 1. The van der Waals surface area contributed by atoms with Crippen molar-refractivity contribution in [3.8, 4) is 0 Å². The molecule has 3 N–H and O–H groups in total. The molecule has 0 saturated heterocycles. The van der Waals surface area contributed by atoms with E-state index in [-0.39, 0.29) is 5.91 Å². The monoisotopic (exact) mass is 250 g/mol. The zero-order valence-electron chi connectivity index (χ0n) is 9.51. The number of hydrogen-bond acceptors (Lipinski definition) is 4. The lowest BCUT2D eigenvalue weighted by atomic mass is 10.2. The second-order valence-electron chi connectivity index (χ2n) is 3.57. The van der Waals surface area contributed by atoms with Crippen molar-refractivity contribution in [2.45, 2.75) is 19.9 Å². The summed E-state index contributed by atoms with van der Waals surface area (Å²) in [5.41, 5.74) is 3.13. The molecule has 0 saturated carbocycles. The second kappa shape index (κ2) is 5.11. The molecule has 0 fully saturated rings. The van der Waals surface area contributed by atoms with Crippen LogP contribution in [0.3, 0.4) is 0 Å². The molecule has 6 heteroatoms. The minimum absolute atomic E-state index is 0.242. The number of thiophene rings is 1. The minimum atomic E-state index is -0.242. The zero-order valence-corrected chi connectivity index (χ0v) is 10.3. The number of hydrazine groups is 1. The molecule has 2 heterocycles. The van der Waals surface area contributed by atoms with Gasteiger partial charge in [-0.2, -0.15) is 0 Å². The maximum absolute atomic E-state index is 11.5. The normalized spacial score (nSPS) is 10.5. The van der Waals surface area contributed by atoms with Crippen LogP contribution in [0.1, 0.15) is 28.0 Å². The Hall–Kier alpha value is -1.66. The molecule has 5 nitrogen and oxygen atoms in total. The van der Waals surface area contributed by atoms with Crippen molar-refractivity contribution in [2.24, 2.45) is 5.84 Å². The number of carbonyl (C=O) groups is 1. The van der Waals surface area contributed by atoms with Gasteiger partial charge in [-0.15, -0.1) is 11.3 Å². The Morgan fingerprint density at radius 1 is 1.65 bits per heavy atom. The zero-order chi connectivity index (χ0) is 12.3. The summed E-state index contributed by atoms with van der Waals surface area (Å²) < 4.78 is 2.04. The lowest BCUT2D eigenvalue weighted by Crippen LogP contribution is -2.30. The predicted molar refractivity (Wildman–Crippen MR) is 66.7 cm³/mol. The number of nitrogen functional groups attached to an aromatic ring is 1. The second-order valence-corrected chi connectivity index (χ2v) is 4.49. The van der Waals surface area contributed by atoms with Gasteiger partial charge in [-0.05, 0) is 17.0 Å². The van der Waals surface area contributed by atoms with Gasteiger partial charge < -0.3 is 4.57 Å². The summed E-state index contributed by atoms with van der Waals surface area (Å²) >= 11 is 1.39. The van der Waals surface area contributed by atoms with Crippen molar-refractivity contribution in [1.29, 1.82) is 0 Å². The van der Waals surface area contributed by atoms with Gasteiger partial charge in [-0.1, -0.05) is 6.92 Å². The Balaban J connectivity index is 2.25. The molecule has 0 unspecified atom stereocenters. The Bertz CT molecular complexity index is 517. The third-order valence-corrected chi connectivity index (χ3v) is 3.50. The third-order valence-electron chi connectivity index (χ3n) is 2.54. The van der Waals surface area contributed by atoms with Crippen LogP contribution in [0.4, 0.5) is 0 Å². The highest BCUT2D eigenvalue weighted by atomic mass is 32.1. The molecule has 90 valence electrons. The summed E-state index contributed by atoms with van der Waals surface area (Å²) in [6.45, 7) is 2.70. The topological polar surface area (TPSA) is 72.9 Å². The van der Waals surface area contributed by atoms with E-state index in [1.807, 2.05) is 22.2 Å². The van der Waals surface area contributed by atoms with Crippen molar-refractivity contribution >= 4 is 17.2 Å². The first kappa shape index (κ1) is 11.8. The Morgan fingerprint density at radius 3 is 3.18 bits per heavy atom. The highest BCUT2D eigenvalue weighted by Crippen LogP contribution is 2.18. The maximum atomic E-state index is 11.5. The van der Waals surface area contributed by atoms with Gasteiger partial charge in [0, 0.05) is 18.8 Å². The summed E-state index contributed by atoms with van der Waals surface area (Å²) in [5.74, 6) is 5.92. The number of carbonyl (C=O) groups excluding carboxylic acids is 1. The van der Waals surface area contributed by atoms with Crippen LogP contribution in [0.15, 0.2) is 23.8 Å². The van der Waals surface area contributed by atoms with Crippen LogP contribution < -0.4 is 11.3 Å². The fraction of sp³-hybridized carbons (Fsp3) is 0.273. The standard InChI is InChI=1S/C11H14N4OS/c1-2-9-13-4-5-15(9)7-8-3-6-17-10(8)11(16)14-12/h3-6H,2,7,12H2,1H3,(H,14,16). The third kappa shape index (κ3) is 2.37. The Morgan fingerprint density at radius 2 is 2.47 bits per heavy atom. The fourth-order valence-electron chi connectivity index (χ4n) is 1.71. The van der Waals surface area contributed by atoms with Gasteiger partial charge in [0.1, 0.15) is 5.82 Å². The van der Waals surface area contributed by atoms with E-state index in [1.54, 1.807) is 6.20 Å². The molecule has 0 aliphatic heterocycles. The molecule has 0 atom stereocenters. The molecule has 2 aromatic rings. The van der Waals surface area contributed by atoms with Crippen LogP contribution >= 0.6 is 11.3 Å². The molecule has 0 spiro atoms. The number of aromatic nitrogens is 2. The number of nitrogens with one attached hydrogen (secondary N) is 1. The number of rotatable bonds is 4. The molecule has 0 radical (unpaired) electrons. The van der Waals surface area contributed by atoms with Gasteiger partial charge in [-0.25, -0.2) is 10.8 Å². The van der Waals surface area contributed by atoms with E-state index in [9.17, 15) is 4.79 Å². The quantitative estimate of drug-likeness (QED) is 0.486. The van der Waals surface area contributed by atoms with E-state index >= 15 is 0 Å². The maximum Gasteiger partial charge on any atom is 0.275 e. The van der Waals surface area contributed by atoms with Crippen molar-refractivity contribution < 1.29 is 4.79 Å². The van der Waals surface area contributed by atoms with Gasteiger partial charge in [-0.3, -0.25) is 10.2 Å². The molecule has 0 aliphatic carbocycles. The molecule has 0 aliphatic rings. The van der Waals surface area contributed by atoms with E-state index < -0.39 is 0 Å². The van der Waals surface area contributed by atoms with Crippen LogP contribution in [0.5, 0.6) is 0 Å². The molecule has 0 aromatic carbocycles. The molecule has 17 heavy (non-hydrogen) atoms. The van der Waals surface area contributed by atoms with Crippen LogP contribution in [0, 0.1) is 0 Å². The minimum Gasteiger partial charge on any atom is -0.330 e. The first-order chi connectivity index (χ1) is 8.26. The Labute approximate surface area is 103 Å². The average molecular weight is 250 g/mol. The summed E-state index contributed by atoms with van der Waals surface area (Å²) in [4.78, 5) is 16.4. The van der Waals surface area contributed by atoms with Gasteiger partial charge in [0.2, 0.25) is 0 Å². The highest BCUT2D eigenvalue weighted by molar-refractivity contribution is 7.12. The number of amides is 1. The van der Waals surface area contributed by atoms with E-state index in [1.165, 1.54) is 11.3 Å². The molecular weight excluding hydrogens is 236 g/mol. The lowest BCUT2D eigenvalue weighted by Gasteiger charge is -2.06. The summed E-state index contributed by atoms with van der Waals surface area (Å²) in [6.07, 6.45) is 4.56. The smallest absolute Gasteiger partial charge is 0.275 e.